The Balaban J connectivity index is 0.000000774. The first-order valence-electron chi connectivity index (χ1n) is 7.29. The van der Waals surface area contributed by atoms with Gasteiger partial charge in [-0.3, -0.25) is 10.1 Å². The van der Waals surface area contributed by atoms with Crippen molar-refractivity contribution in [3.8, 4) is 22.4 Å². The molecule has 0 spiro atoms. The molecule has 0 atom stereocenters. The van der Waals surface area contributed by atoms with Gasteiger partial charge in [-0.25, -0.2) is 0 Å². The molecule has 1 N–H and O–H groups in total. The van der Waals surface area contributed by atoms with E-state index < -0.39 is 0 Å². The van der Waals surface area contributed by atoms with Gasteiger partial charge in [0, 0.05) is 28.7 Å². The molecule has 108 valence electrons. The molecule has 0 bridgehead atoms. The van der Waals surface area contributed by atoms with Gasteiger partial charge in [0.05, 0.1) is 0 Å². The Hall–Kier alpha value is -2.42. The molecule has 1 aromatic carbocycles. The standard InChI is InChI=1S/C16H15N3.C2H6/c1-11-10-14(8-9-17-11)15-12(2)18-19-16(15)13-6-4-3-5-7-13;1-2/h3-10H,1-2H3,(H,18,19);1-2H3. The highest BCUT2D eigenvalue weighted by Gasteiger charge is 2.14. The predicted molar refractivity (Wildman–Crippen MR) is 88.1 cm³/mol. The lowest BCUT2D eigenvalue weighted by Gasteiger charge is -2.05. The number of aromatic amines is 1. The number of hydrogen-bond donors (Lipinski definition) is 1. The third-order valence-electron chi connectivity index (χ3n) is 3.18. The minimum atomic E-state index is 0.990. The molecule has 0 radical (unpaired) electrons. The van der Waals surface area contributed by atoms with Crippen molar-refractivity contribution in [2.75, 3.05) is 0 Å². The summed E-state index contributed by atoms with van der Waals surface area (Å²) in [6.07, 6.45) is 1.84. The molecule has 3 rings (SSSR count). The summed E-state index contributed by atoms with van der Waals surface area (Å²) in [7, 11) is 0. The van der Waals surface area contributed by atoms with Crippen LogP contribution in [0.1, 0.15) is 25.2 Å². The molecule has 21 heavy (non-hydrogen) atoms. The van der Waals surface area contributed by atoms with Crippen molar-refractivity contribution >= 4 is 0 Å². The zero-order valence-corrected chi connectivity index (χ0v) is 13.0. The Morgan fingerprint density at radius 3 is 2.29 bits per heavy atom. The van der Waals surface area contributed by atoms with Gasteiger partial charge in [0.15, 0.2) is 0 Å². The largest absolute Gasteiger partial charge is 0.282 e. The Morgan fingerprint density at radius 1 is 0.905 bits per heavy atom. The summed E-state index contributed by atoms with van der Waals surface area (Å²) in [5.41, 5.74) is 6.50. The lowest BCUT2D eigenvalue weighted by Crippen LogP contribution is -1.86. The summed E-state index contributed by atoms with van der Waals surface area (Å²) in [5, 5.41) is 7.53. The molecule has 2 heterocycles. The van der Waals surface area contributed by atoms with Gasteiger partial charge in [-0.1, -0.05) is 44.2 Å². The highest BCUT2D eigenvalue weighted by atomic mass is 15.1. The van der Waals surface area contributed by atoms with Crippen LogP contribution >= 0.6 is 0 Å². The van der Waals surface area contributed by atoms with Gasteiger partial charge in [0.25, 0.3) is 0 Å². The van der Waals surface area contributed by atoms with E-state index in [1.807, 2.05) is 58.2 Å². The van der Waals surface area contributed by atoms with E-state index in [9.17, 15) is 0 Å². The van der Waals surface area contributed by atoms with Crippen molar-refractivity contribution in [2.45, 2.75) is 27.7 Å². The van der Waals surface area contributed by atoms with Gasteiger partial charge in [0.1, 0.15) is 5.69 Å². The van der Waals surface area contributed by atoms with Crippen molar-refractivity contribution in [3.63, 3.8) is 0 Å². The van der Waals surface area contributed by atoms with Crippen LogP contribution in [0.4, 0.5) is 0 Å². The molecule has 0 fully saturated rings. The predicted octanol–water partition coefficient (Wildman–Crippen LogP) is 4.78. The fraction of sp³-hybridized carbons (Fsp3) is 0.222. The maximum absolute atomic E-state index is 4.45. The smallest absolute Gasteiger partial charge is 0.100 e. The lowest BCUT2D eigenvalue weighted by molar-refractivity contribution is 1.05. The Morgan fingerprint density at radius 2 is 1.62 bits per heavy atom. The number of benzene rings is 1. The number of aryl methyl sites for hydroxylation is 2. The number of aromatic nitrogens is 3. The van der Waals surface area contributed by atoms with Gasteiger partial charge in [-0.05, 0) is 31.5 Å². The maximum atomic E-state index is 4.45. The second-order valence-corrected chi connectivity index (χ2v) is 4.62. The molecule has 3 heteroatoms. The molecule has 0 aliphatic rings. The molecular weight excluding hydrogens is 258 g/mol. The summed E-state index contributed by atoms with van der Waals surface area (Å²) >= 11 is 0. The van der Waals surface area contributed by atoms with Gasteiger partial charge >= 0.3 is 0 Å². The highest BCUT2D eigenvalue weighted by molar-refractivity contribution is 5.82. The molecule has 0 amide bonds. The second-order valence-electron chi connectivity index (χ2n) is 4.62. The van der Waals surface area contributed by atoms with Gasteiger partial charge < -0.3 is 0 Å². The van der Waals surface area contributed by atoms with Gasteiger partial charge in [-0.15, -0.1) is 0 Å². The summed E-state index contributed by atoms with van der Waals surface area (Å²) in [6, 6.07) is 14.3. The van der Waals surface area contributed by atoms with Crippen LogP contribution in [-0.4, -0.2) is 15.2 Å². The van der Waals surface area contributed by atoms with E-state index in [0.29, 0.717) is 0 Å². The fourth-order valence-electron chi connectivity index (χ4n) is 2.29. The number of rotatable bonds is 2. The number of pyridine rings is 1. The molecule has 3 aromatic rings. The maximum Gasteiger partial charge on any atom is 0.100 e. The zero-order valence-electron chi connectivity index (χ0n) is 13.0. The first kappa shape index (κ1) is 15.0. The number of H-pyrrole nitrogens is 1. The molecule has 0 saturated carbocycles. The van der Waals surface area contributed by atoms with Crippen LogP contribution in [-0.2, 0) is 0 Å². The van der Waals surface area contributed by atoms with Gasteiger partial charge in [-0.2, -0.15) is 5.10 Å². The van der Waals surface area contributed by atoms with Crippen LogP contribution in [0, 0.1) is 13.8 Å². The number of nitrogens with zero attached hydrogens (tertiary/aromatic N) is 2. The summed E-state index contributed by atoms with van der Waals surface area (Å²) in [4.78, 5) is 4.25. The van der Waals surface area contributed by atoms with Crippen LogP contribution in [0.15, 0.2) is 48.7 Å². The Bertz CT molecular complexity index is 699. The first-order chi connectivity index (χ1) is 10.3. The van der Waals surface area contributed by atoms with Crippen molar-refractivity contribution in [2.24, 2.45) is 0 Å². The normalized spacial score (nSPS) is 9.90. The van der Waals surface area contributed by atoms with Gasteiger partial charge in [0.2, 0.25) is 0 Å². The minimum Gasteiger partial charge on any atom is -0.282 e. The van der Waals surface area contributed by atoms with Crippen molar-refractivity contribution in [3.05, 3.63) is 60.0 Å². The second kappa shape index (κ2) is 6.84. The van der Waals surface area contributed by atoms with Crippen LogP contribution in [0.3, 0.4) is 0 Å². The molecule has 3 nitrogen and oxygen atoms in total. The molecule has 0 saturated heterocycles. The van der Waals surface area contributed by atoms with E-state index in [4.69, 9.17) is 0 Å². The van der Waals surface area contributed by atoms with E-state index in [-0.39, 0.29) is 0 Å². The molecule has 0 aliphatic carbocycles. The Kier molecular flexibility index (Phi) is 4.88. The summed E-state index contributed by atoms with van der Waals surface area (Å²) in [5.74, 6) is 0. The lowest BCUT2D eigenvalue weighted by atomic mass is 10.00. The number of nitrogens with one attached hydrogen (secondary N) is 1. The quantitative estimate of drug-likeness (QED) is 0.733. The van der Waals surface area contributed by atoms with Crippen LogP contribution in [0.25, 0.3) is 22.4 Å². The van der Waals surface area contributed by atoms with E-state index in [0.717, 1.165) is 33.8 Å². The topological polar surface area (TPSA) is 41.6 Å². The van der Waals surface area contributed by atoms with Crippen molar-refractivity contribution < 1.29 is 0 Å². The highest BCUT2D eigenvalue weighted by Crippen LogP contribution is 2.32. The summed E-state index contributed by atoms with van der Waals surface area (Å²) < 4.78 is 0. The molecule has 2 aromatic heterocycles. The van der Waals surface area contributed by atoms with Crippen molar-refractivity contribution in [1.82, 2.24) is 15.2 Å². The van der Waals surface area contributed by atoms with Crippen LogP contribution in [0.5, 0.6) is 0 Å². The summed E-state index contributed by atoms with van der Waals surface area (Å²) in [6.45, 7) is 8.05. The Labute approximate surface area is 126 Å². The SMILES string of the molecule is CC.Cc1cc(-c2c(-c3ccccc3)n[nH]c2C)ccn1. The minimum absolute atomic E-state index is 0.990. The third kappa shape index (κ3) is 3.19. The van der Waals surface area contributed by atoms with Crippen LogP contribution in [0.2, 0.25) is 0 Å². The van der Waals surface area contributed by atoms with Crippen molar-refractivity contribution in [1.29, 1.82) is 0 Å². The first-order valence-corrected chi connectivity index (χ1v) is 7.29. The van der Waals surface area contributed by atoms with E-state index >= 15 is 0 Å². The van der Waals surface area contributed by atoms with E-state index in [2.05, 4.69) is 33.4 Å². The van der Waals surface area contributed by atoms with E-state index in [1.54, 1.807) is 0 Å². The molecule has 0 unspecified atom stereocenters. The average molecular weight is 279 g/mol. The monoisotopic (exact) mass is 279 g/mol. The fourth-order valence-corrected chi connectivity index (χ4v) is 2.29. The molecule has 0 aliphatic heterocycles. The average Bonchev–Trinajstić information content (AvgIpc) is 2.92. The van der Waals surface area contributed by atoms with Crippen LogP contribution < -0.4 is 0 Å². The van der Waals surface area contributed by atoms with E-state index in [1.165, 1.54) is 0 Å². The zero-order chi connectivity index (χ0) is 15.2. The molecular formula is C18H21N3. The third-order valence-corrected chi connectivity index (χ3v) is 3.18. The number of hydrogen-bond acceptors (Lipinski definition) is 2.